The predicted molar refractivity (Wildman–Crippen MR) is 62.4 cm³/mol. The number of rotatable bonds is 2. The van der Waals surface area contributed by atoms with Crippen LogP contribution in [0.2, 0.25) is 0 Å². The Morgan fingerprint density at radius 2 is 2.19 bits per heavy atom. The summed E-state index contributed by atoms with van der Waals surface area (Å²) in [6.07, 6.45) is 1.80. The number of carbonyl (C=O) groups is 1. The van der Waals surface area contributed by atoms with Crippen LogP contribution in [0.1, 0.15) is 40.5 Å². The smallest absolute Gasteiger partial charge is 0.407 e. The third kappa shape index (κ3) is 4.84. The normalized spacial score (nSPS) is 26.2. The zero-order valence-corrected chi connectivity index (χ0v) is 10.8. The van der Waals surface area contributed by atoms with Crippen LogP contribution >= 0.6 is 0 Å². The Morgan fingerprint density at radius 3 is 2.69 bits per heavy atom. The van der Waals surface area contributed by atoms with Crippen LogP contribution < -0.4 is 5.32 Å². The van der Waals surface area contributed by atoms with E-state index < -0.39 is 5.60 Å². The molecule has 1 N–H and O–H groups in total. The third-order valence-electron chi connectivity index (χ3n) is 2.58. The minimum Gasteiger partial charge on any atom is -0.444 e. The van der Waals surface area contributed by atoms with Crippen molar-refractivity contribution in [3.8, 4) is 0 Å². The van der Waals surface area contributed by atoms with Crippen molar-refractivity contribution in [2.45, 2.75) is 46.1 Å². The molecular formula is C12H23NO3. The van der Waals surface area contributed by atoms with Gasteiger partial charge < -0.3 is 14.8 Å². The maximum atomic E-state index is 11.5. The fraction of sp³-hybridized carbons (Fsp3) is 0.917. The van der Waals surface area contributed by atoms with Crippen molar-refractivity contribution < 1.29 is 14.3 Å². The van der Waals surface area contributed by atoms with Gasteiger partial charge in [-0.1, -0.05) is 6.92 Å². The Hall–Kier alpha value is -0.770. The van der Waals surface area contributed by atoms with E-state index in [2.05, 4.69) is 12.2 Å². The van der Waals surface area contributed by atoms with E-state index in [1.807, 2.05) is 20.8 Å². The molecule has 1 saturated heterocycles. The molecule has 0 aromatic rings. The van der Waals surface area contributed by atoms with Crippen molar-refractivity contribution in [3.05, 3.63) is 0 Å². The summed E-state index contributed by atoms with van der Waals surface area (Å²) in [5, 5.41) is 2.81. The number of nitrogens with one attached hydrogen (secondary N) is 1. The van der Waals surface area contributed by atoms with Crippen LogP contribution in [0.25, 0.3) is 0 Å². The average molecular weight is 229 g/mol. The van der Waals surface area contributed by atoms with Gasteiger partial charge in [-0.25, -0.2) is 4.79 Å². The first-order valence-electron chi connectivity index (χ1n) is 5.85. The molecule has 1 rings (SSSR count). The van der Waals surface area contributed by atoms with Gasteiger partial charge in [0.1, 0.15) is 5.60 Å². The van der Waals surface area contributed by atoms with Gasteiger partial charge in [0.25, 0.3) is 0 Å². The van der Waals surface area contributed by atoms with E-state index in [1.54, 1.807) is 0 Å². The van der Waals surface area contributed by atoms with Crippen molar-refractivity contribution in [1.82, 2.24) is 5.32 Å². The highest BCUT2D eigenvalue weighted by atomic mass is 16.6. The van der Waals surface area contributed by atoms with E-state index in [1.165, 1.54) is 0 Å². The minimum absolute atomic E-state index is 0.0507. The Balaban J connectivity index is 2.30. The van der Waals surface area contributed by atoms with Gasteiger partial charge in [0, 0.05) is 18.6 Å². The van der Waals surface area contributed by atoms with Crippen molar-refractivity contribution in [1.29, 1.82) is 0 Å². The molecule has 0 aliphatic carbocycles. The molecule has 0 radical (unpaired) electrons. The van der Waals surface area contributed by atoms with Gasteiger partial charge in [0.2, 0.25) is 0 Å². The van der Waals surface area contributed by atoms with Gasteiger partial charge in [-0.05, 0) is 33.6 Å². The molecule has 0 bridgehead atoms. The second-order valence-electron chi connectivity index (χ2n) is 5.82. The summed E-state index contributed by atoms with van der Waals surface area (Å²) in [7, 11) is 0. The maximum Gasteiger partial charge on any atom is 0.407 e. The predicted octanol–water partition coefficient (Wildman–Crippen LogP) is 2.33. The van der Waals surface area contributed by atoms with E-state index >= 15 is 0 Å². The van der Waals surface area contributed by atoms with E-state index in [9.17, 15) is 4.79 Å². The summed E-state index contributed by atoms with van der Waals surface area (Å²) >= 11 is 0. The summed E-state index contributed by atoms with van der Waals surface area (Å²) in [5.41, 5.74) is -0.386. The summed E-state index contributed by atoms with van der Waals surface area (Å²) in [6, 6.07) is 0. The molecule has 0 aromatic heterocycles. The number of amides is 1. The fourth-order valence-electron chi connectivity index (χ4n) is 1.73. The summed E-state index contributed by atoms with van der Waals surface area (Å²) in [4.78, 5) is 11.5. The first-order chi connectivity index (χ1) is 7.31. The number of carbonyl (C=O) groups excluding carboxylic acids is 1. The first kappa shape index (κ1) is 13.3. The molecule has 0 saturated carbocycles. The lowest BCUT2D eigenvalue weighted by Crippen LogP contribution is -2.42. The monoisotopic (exact) mass is 229 g/mol. The molecule has 4 heteroatoms. The topological polar surface area (TPSA) is 47.6 Å². The van der Waals surface area contributed by atoms with Crippen molar-refractivity contribution in [2.75, 3.05) is 19.8 Å². The Morgan fingerprint density at radius 1 is 1.50 bits per heavy atom. The quantitative estimate of drug-likeness (QED) is 0.790. The highest BCUT2D eigenvalue weighted by Crippen LogP contribution is 2.26. The van der Waals surface area contributed by atoms with Gasteiger partial charge in [-0.15, -0.1) is 0 Å². The first-order valence-corrected chi connectivity index (χ1v) is 5.85. The molecule has 1 heterocycles. The van der Waals surface area contributed by atoms with Crippen LogP contribution in [-0.4, -0.2) is 31.5 Å². The SMILES string of the molecule is CC1(CNC(=O)OC(C)(C)C)CCCOC1. The molecule has 16 heavy (non-hydrogen) atoms. The fourth-order valence-corrected chi connectivity index (χ4v) is 1.73. The molecule has 1 fully saturated rings. The van der Waals surface area contributed by atoms with Crippen molar-refractivity contribution in [3.63, 3.8) is 0 Å². The van der Waals surface area contributed by atoms with Crippen LogP contribution in [0.3, 0.4) is 0 Å². The molecule has 1 unspecified atom stereocenters. The van der Waals surface area contributed by atoms with Crippen LogP contribution in [0.15, 0.2) is 0 Å². The summed E-state index contributed by atoms with van der Waals surface area (Å²) < 4.78 is 10.6. The number of alkyl carbamates (subject to hydrolysis) is 1. The largest absolute Gasteiger partial charge is 0.444 e. The average Bonchev–Trinajstić information content (AvgIpc) is 2.14. The molecule has 1 aliphatic heterocycles. The third-order valence-corrected chi connectivity index (χ3v) is 2.58. The Kier molecular flexibility index (Phi) is 4.19. The van der Waals surface area contributed by atoms with Crippen molar-refractivity contribution >= 4 is 6.09 Å². The number of hydrogen-bond donors (Lipinski definition) is 1. The van der Waals surface area contributed by atoms with Crippen molar-refractivity contribution in [2.24, 2.45) is 5.41 Å². The minimum atomic E-state index is -0.436. The summed E-state index contributed by atoms with van der Waals surface area (Å²) in [6.45, 7) is 9.87. The number of ether oxygens (including phenoxy) is 2. The Bertz CT molecular complexity index is 239. The molecule has 94 valence electrons. The lowest BCUT2D eigenvalue weighted by atomic mass is 9.85. The summed E-state index contributed by atoms with van der Waals surface area (Å²) in [5.74, 6) is 0. The standard InChI is InChI=1S/C12H23NO3/c1-11(2,3)16-10(14)13-8-12(4)6-5-7-15-9-12/h5-9H2,1-4H3,(H,13,14). The highest BCUT2D eigenvalue weighted by Gasteiger charge is 2.28. The lowest BCUT2D eigenvalue weighted by molar-refractivity contribution is -0.000321. The van der Waals surface area contributed by atoms with Gasteiger partial charge in [-0.3, -0.25) is 0 Å². The van der Waals surface area contributed by atoms with Gasteiger partial charge in [0.15, 0.2) is 0 Å². The van der Waals surface area contributed by atoms with Gasteiger partial charge in [0.05, 0.1) is 6.61 Å². The molecular weight excluding hydrogens is 206 g/mol. The molecule has 1 atom stereocenters. The Labute approximate surface area is 97.7 Å². The lowest BCUT2D eigenvalue weighted by Gasteiger charge is -2.33. The second kappa shape index (κ2) is 5.04. The highest BCUT2D eigenvalue weighted by molar-refractivity contribution is 5.67. The zero-order chi connectivity index (χ0) is 12.2. The molecule has 1 aliphatic rings. The van der Waals surface area contributed by atoms with Crippen LogP contribution in [0.4, 0.5) is 4.79 Å². The van der Waals surface area contributed by atoms with E-state index in [4.69, 9.17) is 9.47 Å². The van der Waals surface area contributed by atoms with E-state index in [0.717, 1.165) is 19.4 Å². The van der Waals surface area contributed by atoms with E-state index in [0.29, 0.717) is 13.2 Å². The molecule has 1 amide bonds. The van der Waals surface area contributed by atoms with Crippen LogP contribution in [-0.2, 0) is 9.47 Å². The van der Waals surface area contributed by atoms with Gasteiger partial charge in [-0.2, -0.15) is 0 Å². The molecule has 4 nitrogen and oxygen atoms in total. The van der Waals surface area contributed by atoms with Crippen LogP contribution in [0.5, 0.6) is 0 Å². The molecule has 0 spiro atoms. The maximum absolute atomic E-state index is 11.5. The zero-order valence-electron chi connectivity index (χ0n) is 10.8. The second-order valence-corrected chi connectivity index (χ2v) is 5.82. The van der Waals surface area contributed by atoms with Gasteiger partial charge >= 0.3 is 6.09 Å². The van der Waals surface area contributed by atoms with Crippen LogP contribution in [0, 0.1) is 5.41 Å². The number of hydrogen-bond acceptors (Lipinski definition) is 3. The van der Waals surface area contributed by atoms with E-state index in [-0.39, 0.29) is 11.5 Å². The molecule has 0 aromatic carbocycles.